The van der Waals surface area contributed by atoms with E-state index < -0.39 is 47.5 Å². The smallest absolute Gasteiger partial charge is 0.487 e. The van der Waals surface area contributed by atoms with E-state index in [9.17, 15) is 31.2 Å². The molecular weight excluding hydrogens is 730 g/mol. The number of ether oxygens (including phenoxy) is 2. The Morgan fingerprint density at radius 1 is 0.868 bits per heavy atom. The van der Waals surface area contributed by atoms with Crippen LogP contribution in [0, 0.1) is 0 Å². The summed E-state index contributed by atoms with van der Waals surface area (Å²) in [7, 11) is -8.35. The number of hydrogen-bond acceptors (Lipinski definition) is 8. The van der Waals surface area contributed by atoms with Gasteiger partial charge in [-0.3, -0.25) is 4.79 Å². The van der Waals surface area contributed by atoms with Crippen LogP contribution in [-0.2, 0) is 32.3 Å². The number of aromatic nitrogens is 1. The van der Waals surface area contributed by atoms with Crippen molar-refractivity contribution in [2.45, 2.75) is 89.9 Å². The average molecular weight is 777 g/mol. The molecule has 4 aromatic rings. The summed E-state index contributed by atoms with van der Waals surface area (Å²) in [6.07, 6.45) is -1.07. The first-order valence-corrected chi connectivity index (χ1v) is 21.4. The van der Waals surface area contributed by atoms with E-state index in [4.69, 9.17) is 13.9 Å². The molecule has 4 rings (SSSR count). The maximum atomic E-state index is 13.8. The van der Waals surface area contributed by atoms with Crippen LogP contribution in [0.5, 0.6) is 11.5 Å². The number of fused-ring (bicyclic) bond motifs is 1. The van der Waals surface area contributed by atoms with Crippen molar-refractivity contribution in [1.29, 1.82) is 0 Å². The summed E-state index contributed by atoms with van der Waals surface area (Å²) < 4.78 is 84.6. The summed E-state index contributed by atoms with van der Waals surface area (Å²) in [5.74, 6) is -0.0325. The molecule has 1 N–H and O–H groups in total. The summed E-state index contributed by atoms with van der Waals surface area (Å²) in [5.41, 5.74) is -3.98. The van der Waals surface area contributed by atoms with Gasteiger partial charge in [-0.1, -0.05) is 69.3 Å². The van der Waals surface area contributed by atoms with Crippen molar-refractivity contribution in [2.24, 2.45) is 0 Å². The fraction of sp³-hybridized carbons (Fsp3) is 0.421. The van der Waals surface area contributed by atoms with Gasteiger partial charge in [0.1, 0.15) is 23.7 Å². The molecule has 0 radical (unpaired) electrons. The van der Waals surface area contributed by atoms with E-state index >= 15 is 0 Å². The van der Waals surface area contributed by atoms with Crippen LogP contribution in [0.1, 0.15) is 64.3 Å². The lowest BCUT2D eigenvalue weighted by Gasteiger charge is -2.41. The number of rotatable bonds is 13. The van der Waals surface area contributed by atoms with Gasteiger partial charge in [0, 0.05) is 18.0 Å². The monoisotopic (exact) mass is 776 g/mol. The first-order chi connectivity index (χ1) is 24.5. The quantitative estimate of drug-likeness (QED) is 0.0812. The van der Waals surface area contributed by atoms with Crippen molar-refractivity contribution in [1.82, 2.24) is 9.88 Å². The maximum Gasteiger partial charge on any atom is 0.534 e. The highest BCUT2D eigenvalue weighted by Gasteiger charge is 2.48. The minimum atomic E-state index is -5.83. The second-order valence-electron chi connectivity index (χ2n) is 15.2. The number of pyridine rings is 1. The third-order valence-electron chi connectivity index (χ3n) is 8.84. The van der Waals surface area contributed by atoms with Crippen LogP contribution in [0.15, 0.2) is 83.7 Å². The third kappa shape index (κ3) is 11.1. The summed E-state index contributed by atoms with van der Waals surface area (Å²) in [6, 6.07) is 21.5. The number of benzene rings is 3. The van der Waals surface area contributed by atoms with Crippen molar-refractivity contribution in [3.63, 3.8) is 0 Å². The minimum Gasteiger partial charge on any atom is -0.487 e. The summed E-state index contributed by atoms with van der Waals surface area (Å²) in [6.45, 7) is 16.2. The van der Waals surface area contributed by atoms with Gasteiger partial charge in [-0.15, -0.1) is 0 Å². The highest BCUT2D eigenvalue weighted by molar-refractivity contribution is 7.88. The summed E-state index contributed by atoms with van der Waals surface area (Å²) >= 11 is 0. The molecule has 0 aliphatic carbocycles. The van der Waals surface area contributed by atoms with E-state index in [0.29, 0.717) is 27.8 Å². The number of nitrogens with one attached hydrogen (secondary N) is 1. The molecular formula is C38H47F3N2O8SSi. The number of amides is 1. The van der Waals surface area contributed by atoms with E-state index in [0.717, 1.165) is 17.7 Å². The predicted molar refractivity (Wildman–Crippen MR) is 200 cm³/mol. The number of nitrogens with zero attached hydrogens (tertiary/aromatic N) is 1. The highest BCUT2D eigenvalue weighted by Crippen LogP contribution is 2.42. The summed E-state index contributed by atoms with van der Waals surface area (Å²) in [5, 5.41) is 0.460. The molecule has 1 amide bonds. The Balaban J connectivity index is 1.71. The van der Waals surface area contributed by atoms with Crippen molar-refractivity contribution < 1.29 is 44.5 Å². The van der Waals surface area contributed by atoms with Crippen LogP contribution in [0.25, 0.3) is 10.9 Å². The normalized spacial score (nSPS) is 13.4. The first kappa shape index (κ1) is 41.4. The molecule has 53 heavy (non-hydrogen) atoms. The number of H-pyrrole nitrogens is 1. The molecule has 3 aromatic carbocycles. The molecule has 1 aromatic heterocycles. The summed E-state index contributed by atoms with van der Waals surface area (Å²) in [4.78, 5) is 30.8. The Morgan fingerprint density at radius 3 is 2.09 bits per heavy atom. The van der Waals surface area contributed by atoms with Gasteiger partial charge >= 0.3 is 21.7 Å². The van der Waals surface area contributed by atoms with Crippen LogP contribution in [-0.4, -0.2) is 56.9 Å². The Labute approximate surface area is 309 Å². The topological polar surface area (TPSA) is 124 Å². The number of hydrogen-bond donors (Lipinski definition) is 1. The highest BCUT2D eigenvalue weighted by atomic mass is 32.2. The molecule has 288 valence electrons. The second-order valence-corrected chi connectivity index (χ2v) is 21.5. The molecule has 0 aliphatic rings. The lowest BCUT2D eigenvalue weighted by Crippen LogP contribution is -2.46. The molecule has 1 heterocycles. The Hall–Kier alpha value is -4.34. The molecule has 0 fully saturated rings. The fourth-order valence-corrected chi connectivity index (χ4v) is 6.77. The largest absolute Gasteiger partial charge is 0.534 e. The van der Waals surface area contributed by atoms with Gasteiger partial charge < -0.3 is 28.0 Å². The van der Waals surface area contributed by atoms with Crippen LogP contribution in [0.2, 0.25) is 18.1 Å². The van der Waals surface area contributed by atoms with Gasteiger partial charge in [0.15, 0.2) is 8.32 Å². The molecule has 0 aliphatic heterocycles. The Kier molecular flexibility index (Phi) is 12.5. The zero-order valence-corrected chi connectivity index (χ0v) is 33.0. The van der Waals surface area contributed by atoms with Gasteiger partial charge in [-0.25, -0.2) is 4.79 Å². The molecule has 1 unspecified atom stereocenters. The van der Waals surface area contributed by atoms with Gasteiger partial charge in [0.2, 0.25) is 5.56 Å². The van der Waals surface area contributed by atoms with Crippen molar-refractivity contribution in [3.05, 3.63) is 106 Å². The third-order valence-corrected chi connectivity index (χ3v) is 14.3. The lowest BCUT2D eigenvalue weighted by molar-refractivity contribution is -0.0500. The van der Waals surface area contributed by atoms with Gasteiger partial charge in [-0.2, -0.15) is 21.6 Å². The van der Waals surface area contributed by atoms with Crippen molar-refractivity contribution >= 4 is 35.4 Å². The van der Waals surface area contributed by atoms with Gasteiger partial charge in [0.05, 0.1) is 18.2 Å². The van der Waals surface area contributed by atoms with E-state index in [-0.39, 0.29) is 36.7 Å². The second kappa shape index (κ2) is 15.9. The van der Waals surface area contributed by atoms with Crippen molar-refractivity contribution in [2.75, 3.05) is 13.1 Å². The van der Waals surface area contributed by atoms with Gasteiger partial charge in [0.25, 0.3) is 0 Å². The number of carbonyl (C=O) groups excluding carboxylic acids is 1. The SMILES string of the molecule is CC(C)(C)OC(=O)N(CCc1ccc(OS(=O)(=O)C(F)(F)F)cc1)CC(O[Si](C)(C)C(C)(C)C)c1ccc(OCc2ccccc2)c2[nH]c(=O)ccc12. The van der Waals surface area contributed by atoms with Gasteiger partial charge in [-0.05, 0) is 86.3 Å². The van der Waals surface area contributed by atoms with Crippen molar-refractivity contribution in [3.8, 4) is 11.5 Å². The molecule has 10 nitrogen and oxygen atoms in total. The number of aromatic amines is 1. The number of halogens is 3. The molecule has 15 heteroatoms. The van der Waals surface area contributed by atoms with E-state index in [1.807, 2.05) is 36.4 Å². The average Bonchev–Trinajstić information content (AvgIpc) is 3.04. The van der Waals surface area contributed by atoms with E-state index in [1.165, 1.54) is 23.1 Å². The molecule has 0 bridgehead atoms. The standard InChI is InChI=1S/C38H47F3N2O8SSi/c1-36(2,3)49-35(45)43(23-22-26-14-16-28(17-15-26)50-52(46,47)38(39,40)41)24-32(51-53(7,8)37(4,5)6)29-18-20-31(34-30(29)19-21-33(44)42-34)48-25-27-12-10-9-11-13-27/h9-21,32H,22-25H2,1-8H3,(H,42,44). The first-order valence-electron chi connectivity index (χ1n) is 17.0. The lowest BCUT2D eigenvalue weighted by atomic mass is 10.0. The Morgan fingerprint density at radius 2 is 1.51 bits per heavy atom. The molecule has 1 atom stereocenters. The fourth-order valence-electron chi connectivity index (χ4n) is 5.05. The number of alkyl halides is 3. The van der Waals surface area contributed by atoms with Crippen LogP contribution in [0.3, 0.4) is 0 Å². The molecule has 0 saturated heterocycles. The minimum absolute atomic E-state index is 0.0465. The predicted octanol–water partition coefficient (Wildman–Crippen LogP) is 8.88. The van der Waals surface area contributed by atoms with E-state index in [2.05, 4.69) is 43.0 Å². The van der Waals surface area contributed by atoms with Crippen LogP contribution < -0.4 is 14.5 Å². The van der Waals surface area contributed by atoms with Crippen LogP contribution in [0.4, 0.5) is 18.0 Å². The Bertz CT molecular complexity index is 2040. The molecule has 0 saturated carbocycles. The zero-order valence-electron chi connectivity index (χ0n) is 31.2. The molecule has 0 spiro atoms. The van der Waals surface area contributed by atoms with E-state index in [1.54, 1.807) is 32.9 Å². The number of carbonyl (C=O) groups is 1. The van der Waals surface area contributed by atoms with Crippen LogP contribution >= 0.6 is 0 Å². The zero-order chi connectivity index (χ0) is 39.4. The maximum absolute atomic E-state index is 13.8.